The molecule has 0 aromatic rings. The molecule has 0 aliphatic heterocycles. The van der Waals surface area contributed by atoms with Gasteiger partial charge in [-0.05, 0) is 22.4 Å². The van der Waals surface area contributed by atoms with Crippen molar-refractivity contribution in [2.24, 2.45) is 0 Å². The molecular formula is C8H10BrCl3O. The van der Waals surface area contributed by atoms with Crippen LogP contribution in [0.4, 0.5) is 0 Å². The highest BCUT2D eigenvalue weighted by Gasteiger charge is 2.19. The first kappa shape index (κ1) is 13.8. The van der Waals surface area contributed by atoms with Crippen LogP contribution in [0.15, 0.2) is 8.97 Å². The van der Waals surface area contributed by atoms with Crippen molar-refractivity contribution < 1.29 is 4.79 Å². The first-order chi connectivity index (χ1) is 6.00. The minimum atomic E-state index is -0.571. The Kier molecular flexibility index (Phi) is 7.52. The molecule has 0 radical (unpaired) electrons. The van der Waals surface area contributed by atoms with E-state index in [1.54, 1.807) is 0 Å². The second-order valence-electron chi connectivity index (χ2n) is 2.55. The summed E-state index contributed by atoms with van der Waals surface area (Å²) in [6.45, 7) is 2.03. The second-order valence-corrected chi connectivity index (χ2v) is 5.08. The fourth-order valence-electron chi connectivity index (χ4n) is 0.745. The van der Waals surface area contributed by atoms with E-state index < -0.39 is 5.38 Å². The summed E-state index contributed by atoms with van der Waals surface area (Å²) in [4.78, 5) is 11.4. The third kappa shape index (κ3) is 5.26. The predicted octanol–water partition coefficient (Wildman–Crippen LogP) is 4.39. The molecule has 1 nitrogen and oxygen atoms in total. The minimum Gasteiger partial charge on any atom is -0.291 e. The first-order valence-electron chi connectivity index (χ1n) is 3.89. The van der Waals surface area contributed by atoms with Gasteiger partial charge in [0.2, 0.25) is 0 Å². The van der Waals surface area contributed by atoms with E-state index in [1.807, 2.05) is 6.92 Å². The van der Waals surface area contributed by atoms with E-state index >= 15 is 0 Å². The molecule has 76 valence electrons. The molecule has 0 saturated heterocycles. The van der Waals surface area contributed by atoms with Gasteiger partial charge in [0.05, 0.1) is 5.38 Å². The van der Waals surface area contributed by atoms with Gasteiger partial charge < -0.3 is 0 Å². The van der Waals surface area contributed by atoms with Crippen molar-refractivity contribution >= 4 is 56.5 Å². The normalized spacial score (nSPS) is 15.2. The van der Waals surface area contributed by atoms with E-state index in [4.69, 9.17) is 34.8 Å². The topological polar surface area (TPSA) is 17.1 Å². The molecule has 0 amide bonds. The Morgan fingerprint density at radius 1 is 1.46 bits per heavy atom. The maximum absolute atomic E-state index is 11.4. The lowest BCUT2D eigenvalue weighted by Crippen LogP contribution is -2.14. The third-order valence-electron chi connectivity index (χ3n) is 1.48. The number of alkyl halides is 1. The van der Waals surface area contributed by atoms with Crippen LogP contribution in [0, 0.1) is 0 Å². The van der Waals surface area contributed by atoms with Crippen LogP contribution in [0.3, 0.4) is 0 Å². The summed E-state index contributed by atoms with van der Waals surface area (Å²) >= 11 is 19.8. The number of ketones is 1. The van der Waals surface area contributed by atoms with Crippen molar-refractivity contribution in [1.29, 1.82) is 0 Å². The average molecular weight is 308 g/mol. The van der Waals surface area contributed by atoms with Crippen molar-refractivity contribution in [2.45, 2.75) is 31.6 Å². The Morgan fingerprint density at radius 3 is 2.38 bits per heavy atom. The molecule has 0 rings (SSSR count). The van der Waals surface area contributed by atoms with Gasteiger partial charge >= 0.3 is 0 Å². The summed E-state index contributed by atoms with van der Waals surface area (Å²) in [6, 6.07) is 0. The smallest absolute Gasteiger partial charge is 0.194 e. The molecule has 5 heteroatoms. The SMILES string of the molecule is CCCCC(Cl)C(=O)/C(Cl)=C(\Cl)Br. The van der Waals surface area contributed by atoms with Crippen LogP contribution in [0.25, 0.3) is 0 Å². The lowest BCUT2D eigenvalue weighted by molar-refractivity contribution is -0.114. The zero-order chi connectivity index (χ0) is 10.4. The average Bonchev–Trinajstić information content (AvgIpc) is 2.11. The molecule has 0 aliphatic rings. The van der Waals surface area contributed by atoms with Crippen LogP contribution in [-0.4, -0.2) is 11.2 Å². The zero-order valence-corrected chi connectivity index (χ0v) is 11.0. The molecule has 0 saturated carbocycles. The number of hydrogen-bond donors (Lipinski definition) is 0. The van der Waals surface area contributed by atoms with Gasteiger partial charge in [-0.25, -0.2) is 0 Å². The van der Waals surface area contributed by atoms with Crippen molar-refractivity contribution in [3.63, 3.8) is 0 Å². The van der Waals surface area contributed by atoms with E-state index in [-0.39, 0.29) is 14.8 Å². The lowest BCUT2D eigenvalue weighted by atomic mass is 10.1. The van der Waals surface area contributed by atoms with E-state index in [0.717, 1.165) is 12.8 Å². The third-order valence-corrected chi connectivity index (χ3v) is 3.18. The van der Waals surface area contributed by atoms with Crippen molar-refractivity contribution in [1.82, 2.24) is 0 Å². The lowest BCUT2D eigenvalue weighted by Gasteiger charge is -2.06. The van der Waals surface area contributed by atoms with Gasteiger partial charge in [0.1, 0.15) is 8.97 Å². The highest BCUT2D eigenvalue weighted by Crippen LogP contribution is 2.24. The van der Waals surface area contributed by atoms with Crippen LogP contribution < -0.4 is 0 Å². The highest BCUT2D eigenvalue weighted by molar-refractivity contribution is 9.12. The Hall–Kier alpha value is 0.760. The predicted molar refractivity (Wildman–Crippen MR) is 61.8 cm³/mol. The molecule has 13 heavy (non-hydrogen) atoms. The molecule has 0 N–H and O–H groups in total. The Balaban J connectivity index is 4.19. The van der Waals surface area contributed by atoms with Gasteiger partial charge in [-0.15, -0.1) is 11.6 Å². The molecular weight excluding hydrogens is 298 g/mol. The number of halogens is 4. The number of Topliss-reactive ketones (excluding diaryl/α,β-unsaturated/α-hetero) is 1. The fraction of sp³-hybridized carbons (Fsp3) is 0.625. The summed E-state index contributed by atoms with van der Waals surface area (Å²) in [5, 5.41) is -0.600. The van der Waals surface area contributed by atoms with Crippen LogP contribution in [0.5, 0.6) is 0 Å². The van der Waals surface area contributed by atoms with Gasteiger partial charge in [0.15, 0.2) is 5.78 Å². The zero-order valence-electron chi connectivity index (χ0n) is 7.12. The Labute approximate surface area is 102 Å². The molecule has 0 aromatic heterocycles. The monoisotopic (exact) mass is 306 g/mol. The van der Waals surface area contributed by atoms with Gasteiger partial charge in [-0.3, -0.25) is 4.79 Å². The molecule has 1 unspecified atom stereocenters. The van der Waals surface area contributed by atoms with E-state index in [2.05, 4.69) is 15.9 Å². The molecule has 0 fully saturated rings. The number of unbranched alkanes of at least 4 members (excludes halogenated alkanes) is 1. The second kappa shape index (κ2) is 7.10. The largest absolute Gasteiger partial charge is 0.291 e. The van der Waals surface area contributed by atoms with Crippen LogP contribution in [0.2, 0.25) is 0 Å². The number of allylic oxidation sites excluding steroid dienone is 1. The van der Waals surface area contributed by atoms with Gasteiger partial charge in [-0.1, -0.05) is 43.0 Å². The van der Waals surface area contributed by atoms with E-state index in [9.17, 15) is 4.79 Å². The van der Waals surface area contributed by atoms with E-state index in [0.29, 0.717) is 6.42 Å². The first-order valence-corrected chi connectivity index (χ1v) is 5.88. The summed E-state index contributed by atoms with van der Waals surface area (Å²) in [6.07, 6.45) is 2.54. The van der Waals surface area contributed by atoms with E-state index in [1.165, 1.54) is 0 Å². The van der Waals surface area contributed by atoms with Gasteiger partial charge in [0.25, 0.3) is 0 Å². The maximum atomic E-state index is 11.4. The van der Waals surface area contributed by atoms with Gasteiger partial charge in [-0.2, -0.15) is 0 Å². The Bertz CT molecular complexity index is 211. The summed E-state index contributed by atoms with van der Waals surface area (Å²) < 4.78 is 0.112. The number of carbonyl (C=O) groups excluding carboxylic acids is 1. The quantitative estimate of drug-likeness (QED) is 0.543. The molecule has 0 heterocycles. The van der Waals surface area contributed by atoms with Crippen molar-refractivity contribution in [2.75, 3.05) is 0 Å². The fourth-order valence-corrected chi connectivity index (χ4v) is 1.48. The maximum Gasteiger partial charge on any atom is 0.194 e. The number of carbonyl (C=O) groups is 1. The molecule has 0 aliphatic carbocycles. The molecule has 0 bridgehead atoms. The van der Waals surface area contributed by atoms with Crippen molar-refractivity contribution in [3.8, 4) is 0 Å². The van der Waals surface area contributed by atoms with Gasteiger partial charge in [0, 0.05) is 0 Å². The summed E-state index contributed by atoms with van der Waals surface area (Å²) in [7, 11) is 0. The van der Waals surface area contributed by atoms with Crippen molar-refractivity contribution in [3.05, 3.63) is 8.97 Å². The molecule has 1 atom stereocenters. The molecule has 0 aromatic carbocycles. The summed E-state index contributed by atoms with van der Waals surface area (Å²) in [5.74, 6) is -0.321. The minimum absolute atomic E-state index is 0.0298. The van der Waals surface area contributed by atoms with Crippen LogP contribution in [-0.2, 0) is 4.79 Å². The molecule has 0 spiro atoms. The van der Waals surface area contributed by atoms with Crippen LogP contribution in [0.1, 0.15) is 26.2 Å². The number of hydrogen-bond acceptors (Lipinski definition) is 1. The summed E-state index contributed by atoms with van der Waals surface area (Å²) in [5.41, 5.74) is 0. The number of rotatable bonds is 5. The Morgan fingerprint density at radius 2 is 2.00 bits per heavy atom. The highest BCUT2D eigenvalue weighted by atomic mass is 79.9. The van der Waals surface area contributed by atoms with Crippen LogP contribution >= 0.6 is 50.7 Å². The standard InChI is InChI=1S/C8H10BrCl3O/c1-2-3-4-5(10)7(13)6(11)8(9)12/h5H,2-4H2,1H3/b8-6+.